The molecule has 0 spiro atoms. The minimum absolute atomic E-state index is 0.0801. The van der Waals surface area contributed by atoms with E-state index < -0.39 is 0 Å². The fourth-order valence-corrected chi connectivity index (χ4v) is 2.60. The highest BCUT2D eigenvalue weighted by Gasteiger charge is 2.19. The Morgan fingerprint density at radius 2 is 2.05 bits per heavy atom. The third-order valence-corrected chi connectivity index (χ3v) is 3.81. The Morgan fingerprint density at radius 3 is 2.60 bits per heavy atom. The SMILES string of the molecule is CCNc1cccc(NCc2scnc2C)c1[N+](=O)[O-]. The summed E-state index contributed by atoms with van der Waals surface area (Å²) in [6.45, 7) is 5.01. The van der Waals surface area contributed by atoms with Crippen molar-refractivity contribution in [3.8, 4) is 0 Å². The summed E-state index contributed by atoms with van der Waals surface area (Å²) < 4.78 is 0. The third kappa shape index (κ3) is 3.05. The summed E-state index contributed by atoms with van der Waals surface area (Å²) in [4.78, 5) is 16.1. The first-order valence-corrected chi connectivity index (χ1v) is 7.15. The number of nitro groups is 1. The lowest BCUT2D eigenvalue weighted by Gasteiger charge is -2.10. The molecule has 0 aliphatic carbocycles. The van der Waals surface area contributed by atoms with Gasteiger partial charge in [-0.2, -0.15) is 0 Å². The van der Waals surface area contributed by atoms with E-state index in [4.69, 9.17) is 0 Å². The third-order valence-electron chi connectivity index (χ3n) is 2.87. The summed E-state index contributed by atoms with van der Waals surface area (Å²) in [6, 6.07) is 5.23. The van der Waals surface area contributed by atoms with Crippen LogP contribution in [0.5, 0.6) is 0 Å². The van der Waals surface area contributed by atoms with E-state index in [1.807, 2.05) is 13.8 Å². The molecule has 2 rings (SSSR count). The van der Waals surface area contributed by atoms with Crippen LogP contribution in [0.2, 0.25) is 0 Å². The molecule has 0 bridgehead atoms. The maximum Gasteiger partial charge on any atom is 0.315 e. The Hall–Kier alpha value is -2.15. The lowest BCUT2D eigenvalue weighted by Crippen LogP contribution is -2.06. The normalized spacial score (nSPS) is 10.3. The zero-order valence-corrected chi connectivity index (χ0v) is 12.2. The fraction of sp³-hybridized carbons (Fsp3) is 0.308. The number of aromatic nitrogens is 1. The lowest BCUT2D eigenvalue weighted by atomic mass is 10.2. The number of rotatable bonds is 6. The van der Waals surface area contributed by atoms with E-state index in [9.17, 15) is 10.1 Å². The van der Waals surface area contributed by atoms with Gasteiger partial charge in [0.1, 0.15) is 11.4 Å². The Kier molecular flexibility index (Phi) is 4.52. The van der Waals surface area contributed by atoms with Crippen molar-refractivity contribution >= 4 is 28.4 Å². The van der Waals surface area contributed by atoms with Crippen molar-refractivity contribution in [3.63, 3.8) is 0 Å². The second kappa shape index (κ2) is 6.33. The predicted octanol–water partition coefficient (Wildman–Crippen LogP) is 3.40. The number of aryl methyl sites for hydroxylation is 1. The number of nitrogens with one attached hydrogen (secondary N) is 2. The first-order chi connectivity index (χ1) is 9.63. The van der Waals surface area contributed by atoms with Crippen LogP contribution in [-0.4, -0.2) is 16.5 Å². The first kappa shape index (κ1) is 14.3. The van der Waals surface area contributed by atoms with Gasteiger partial charge in [0.05, 0.1) is 22.7 Å². The molecular weight excluding hydrogens is 276 g/mol. The number of nitro benzene ring substituents is 1. The summed E-state index contributed by atoms with van der Waals surface area (Å²) in [5.41, 5.74) is 3.85. The van der Waals surface area contributed by atoms with Crippen molar-refractivity contribution < 1.29 is 4.92 Å². The van der Waals surface area contributed by atoms with E-state index in [0.29, 0.717) is 24.5 Å². The average molecular weight is 292 g/mol. The number of hydrogen-bond donors (Lipinski definition) is 2. The molecule has 0 unspecified atom stereocenters. The van der Waals surface area contributed by atoms with Gasteiger partial charge in [0.2, 0.25) is 0 Å². The van der Waals surface area contributed by atoms with Crippen molar-refractivity contribution in [2.75, 3.05) is 17.2 Å². The van der Waals surface area contributed by atoms with Gasteiger partial charge in [0.25, 0.3) is 0 Å². The van der Waals surface area contributed by atoms with Crippen molar-refractivity contribution in [3.05, 3.63) is 44.4 Å². The molecule has 2 N–H and O–H groups in total. The molecule has 1 heterocycles. The summed E-state index contributed by atoms with van der Waals surface area (Å²) in [5.74, 6) is 0. The van der Waals surface area contributed by atoms with E-state index in [-0.39, 0.29) is 10.6 Å². The van der Waals surface area contributed by atoms with Gasteiger partial charge in [0, 0.05) is 11.4 Å². The van der Waals surface area contributed by atoms with Gasteiger partial charge in [-0.25, -0.2) is 4.98 Å². The van der Waals surface area contributed by atoms with Crippen LogP contribution < -0.4 is 10.6 Å². The number of nitrogens with zero attached hydrogens (tertiary/aromatic N) is 2. The standard InChI is InChI=1S/C13H16N4O2S/c1-3-14-10-5-4-6-11(13(10)17(18)19)15-7-12-9(2)16-8-20-12/h4-6,8,14-15H,3,7H2,1-2H3. The van der Waals surface area contributed by atoms with Gasteiger partial charge in [-0.1, -0.05) is 6.07 Å². The van der Waals surface area contributed by atoms with E-state index >= 15 is 0 Å². The predicted molar refractivity (Wildman–Crippen MR) is 81.4 cm³/mol. The molecule has 6 nitrogen and oxygen atoms in total. The van der Waals surface area contributed by atoms with E-state index in [0.717, 1.165) is 10.6 Å². The topological polar surface area (TPSA) is 80.1 Å². The highest BCUT2D eigenvalue weighted by Crippen LogP contribution is 2.33. The van der Waals surface area contributed by atoms with Crippen LogP contribution in [0.4, 0.5) is 17.1 Å². The van der Waals surface area contributed by atoms with Gasteiger partial charge in [-0.3, -0.25) is 10.1 Å². The molecule has 0 atom stereocenters. The van der Waals surface area contributed by atoms with Crippen molar-refractivity contribution in [1.82, 2.24) is 4.98 Å². The van der Waals surface area contributed by atoms with Crippen LogP contribution in [0.15, 0.2) is 23.7 Å². The van der Waals surface area contributed by atoms with Crippen LogP contribution in [0.25, 0.3) is 0 Å². The van der Waals surface area contributed by atoms with Gasteiger partial charge < -0.3 is 10.6 Å². The minimum atomic E-state index is -0.361. The van der Waals surface area contributed by atoms with Crippen LogP contribution in [0.3, 0.4) is 0 Å². The molecule has 0 saturated heterocycles. The van der Waals surface area contributed by atoms with Crippen molar-refractivity contribution in [2.45, 2.75) is 20.4 Å². The average Bonchev–Trinajstić information content (AvgIpc) is 2.82. The minimum Gasteiger partial charge on any atom is -0.380 e. The summed E-state index contributed by atoms with van der Waals surface area (Å²) >= 11 is 1.54. The van der Waals surface area contributed by atoms with Crippen LogP contribution >= 0.6 is 11.3 Å². The number of para-hydroxylation sites is 1. The van der Waals surface area contributed by atoms with Crippen molar-refractivity contribution in [1.29, 1.82) is 0 Å². The van der Waals surface area contributed by atoms with Gasteiger partial charge >= 0.3 is 5.69 Å². The van der Waals surface area contributed by atoms with E-state index in [1.165, 1.54) is 11.3 Å². The lowest BCUT2D eigenvalue weighted by molar-refractivity contribution is -0.383. The fourth-order valence-electron chi connectivity index (χ4n) is 1.89. The number of thiazole rings is 1. The molecule has 106 valence electrons. The maximum atomic E-state index is 11.3. The highest BCUT2D eigenvalue weighted by molar-refractivity contribution is 7.09. The molecular formula is C13H16N4O2S. The van der Waals surface area contributed by atoms with Crippen LogP contribution in [0.1, 0.15) is 17.5 Å². The zero-order valence-electron chi connectivity index (χ0n) is 11.3. The second-order valence-corrected chi connectivity index (χ2v) is 5.14. The molecule has 0 radical (unpaired) electrons. The number of benzene rings is 1. The Morgan fingerprint density at radius 1 is 1.35 bits per heavy atom. The summed E-state index contributed by atoms with van der Waals surface area (Å²) in [7, 11) is 0. The number of hydrogen-bond acceptors (Lipinski definition) is 6. The quantitative estimate of drug-likeness (QED) is 0.630. The van der Waals surface area contributed by atoms with Crippen molar-refractivity contribution in [2.24, 2.45) is 0 Å². The monoisotopic (exact) mass is 292 g/mol. The molecule has 0 amide bonds. The molecule has 7 heteroatoms. The van der Waals surface area contributed by atoms with Crippen LogP contribution in [-0.2, 0) is 6.54 Å². The van der Waals surface area contributed by atoms with Gasteiger partial charge in [-0.05, 0) is 26.0 Å². The molecule has 0 saturated carbocycles. The molecule has 0 aliphatic rings. The Labute approximate surface area is 121 Å². The smallest absolute Gasteiger partial charge is 0.315 e. The maximum absolute atomic E-state index is 11.3. The Balaban J connectivity index is 2.24. The first-order valence-electron chi connectivity index (χ1n) is 6.27. The molecule has 0 fully saturated rings. The molecule has 2 aromatic rings. The molecule has 1 aromatic heterocycles. The van der Waals surface area contributed by atoms with Crippen LogP contribution in [0, 0.1) is 17.0 Å². The Bertz CT molecular complexity index is 612. The second-order valence-electron chi connectivity index (χ2n) is 4.20. The molecule has 0 aliphatic heterocycles. The number of anilines is 2. The van der Waals surface area contributed by atoms with Gasteiger partial charge in [0.15, 0.2) is 0 Å². The largest absolute Gasteiger partial charge is 0.380 e. The summed E-state index contributed by atoms with van der Waals surface area (Å²) in [5, 5.41) is 17.4. The summed E-state index contributed by atoms with van der Waals surface area (Å²) in [6.07, 6.45) is 0. The molecule has 20 heavy (non-hydrogen) atoms. The zero-order chi connectivity index (χ0) is 14.5. The molecule has 1 aromatic carbocycles. The van der Waals surface area contributed by atoms with Gasteiger partial charge in [-0.15, -0.1) is 11.3 Å². The van der Waals surface area contributed by atoms with E-state index in [1.54, 1.807) is 23.7 Å². The van der Waals surface area contributed by atoms with E-state index in [2.05, 4.69) is 15.6 Å². The highest BCUT2D eigenvalue weighted by atomic mass is 32.1.